The van der Waals surface area contributed by atoms with Crippen molar-refractivity contribution in [1.29, 1.82) is 0 Å². The second kappa shape index (κ2) is 9.32. The molecular formula is C22H26N2O5S. The molecule has 0 spiro atoms. The average Bonchev–Trinajstić information content (AvgIpc) is 3.44. The SMILES string of the molecule is CCN(CC)C(CNC(=O)c1ccc(S(=O)(=O)c2ccc(C)cc2)o1)c1ccco1. The Balaban J connectivity index is 1.73. The molecule has 0 fully saturated rings. The normalized spacial score (nSPS) is 12.8. The molecule has 30 heavy (non-hydrogen) atoms. The van der Waals surface area contributed by atoms with E-state index in [-0.39, 0.29) is 21.8 Å². The van der Waals surface area contributed by atoms with Crippen molar-refractivity contribution >= 4 is 15.7 Å². The van der Waals surface area contributed by atoms with Crippen LogP contribution in [0.3, 0.4) is 0 Å². The van der Waals surface area contributed by atoms with Crippen LogP contribution in [0.1, 0.15) is 41.8 Å². The zero-order valence-corrected chi connectivity index (χ0v) is 18.1. The molecule has 8 heteroatoms. The number of aryl methyl sites for hydroxylation is 1. The van der Waals surface area contributed by atoms with Gasteiger partial charge in [0.05, 0.1) is 17.2 Å². The number of carbonyl (C=O) groups excluding carboxylic acids is 1. The van der Waals surface area contributed by atoms with Crippen LogP contribution in [0.2, 0.25) is 0 Å². The number of benzene rings is 1. The Morgan fingerprint density at radius 2 is 1.77 bits per heavy atom. The van der Waals surface area contributed by atoms with E-state index in [1.807, 2.05) is 32.9 Å². The smallest absolute Gasteiger partial charge is 0.287 e. The van der Waals surface area contributed by atoms with Crippen LogP contribution in [0.25, 0.3) is 0 Å². The van der Waals surface area contributed by atoms with E-state index in [1.165, 1.54) is 24.3 Å². The molecule has 0 aliphatic rings. The number of hydrogen-bond acceptors (Lipinski definition) is 6. The first-order valence-corrected chi connectivity index (χ1v) is 11.3. The monoisotopic (exact) mass is 430 g/mol. The number of likely N-dealkylation sites (N-methyl/N-ethyl adjacent to an activating group) is 1. The standard InChI is InChI=1S/C22H26N2O5S/c1-4-24(5-2)18(19-7-6-14-28-19)15-23-22(25)20-12-13-21(29-20)30(26,27)17-10-8-16(3)9-11-17/h6-14,18H,4-5,15H2,1-3H3,(H,23,25). The summed E-state index contributed by atoms with van der Waals surface area (Å²) in [5.41, 5.74) is 0.952. The third-order valence-electron chi connectivity index (χ3n) is 4.98. The highest BCUT2D eigenvalue weighted by molar-refractivity contribution is 7.91. The van der Waals surface area contributed by atoms with Gasteiger partial charge >= 0.3 is 0 Å². The van der Waals surface area contributed by atoms with Gasteiger partial charge in [-0.05, 0) is 56.4 Å². The molecule has 1 amide bonds. The highest BCUT2D eigenvalue weighted by atomic mass is 32.2. The number of sulfone groups is 1. The Hall–Kier alpha value is -2.84. The van der Waals surface area contributed by atoms with E-state index < -0.39 is 15.7 Å². The van der Waals surface area contributed by atoms with Crippen molar-refractivity contribution < 1.29 is 22.0 Å². The van der Waals surface area contributed by atoms with Gasteiger partial charge in [-0.2, -0.15) is 0 Å². The summed E-state index contributed by atoms with van der Waals surface area (Å²) in [6.45, 7) is 7.83. The highest BCUT2D eigenvalue weighted by Gasteiger charge is 2.25. The van der Waals surface area contributed by atoms with Gasteiger partial charge in [-0.25, -0.2) is 8.42 Å². The van der Waals surface area contributed by atoms with Crippen molar-refractivity contribution in [2.75, 3.05) is 19.6 Å². The molecule has 1 N–H and O–H groups in total. The van der Waals surface area contributed by atoms with Crippen molar-refractivity contribution in [3.63, 3.8) is 0 Å². The minimum absolute atomic E-state index is 0.0570. The van der Waals surface area contributed by atoms with Gasteiger partial charge in [0.2, 0.25) is 14.9 Å². The number of nitrogens with zero attached hydrogens (tertiary/aromatic N) is 1. The zero-order valence-electron chi connectivity index (χ0n) is 17.3. The number of carbonyl (C=O) groups is 1. The van der Waals surface area contributed by atoms with Crippen LogP contribution in [0.5, 0.6) is 0 Å². The van der Waals surface area contributed by atoms with E-state index in [2.05, 4.69) is 10.2 Å². The first-order chi connectivity index (χ1) is 14.4. The number of rotatable bonds is 9. The maximum absolute atomic E-state index is 12.7. The van der Waals surface area contributed by atoms with Gasteiger partial charge in [-0.3, -0.25) is 9.69 Å². The number of nitrogens with one attached hydrogen (secondary N) is 1. The molecule has 0 aliphatic heterocycles. The summed E-state index contributed by atoms with van der Waals surface area (Å²) in [6.07, 6.45) is 1.60. The second-order valence-corrected chi connectivity index (χ2v) is 8.78. The van der Waals surface area contributed by atoms with E-state index in [0.717, 1.165) is 24.4 Å². The predicted octanol–water partition coefficient (Wildman–Crippen LogP) is 3.83. The fourth-order valence-corrected chi connectivity index (χ4v) is 4.42. The van der Waals surface area contributed by atoms with Gasteiger partial charge in [0.25, 0.3) is 5.91 Å². The molecule has 0 saturated heterocycles. The Kier molecular flexibility index (Phi) is 6.79. The molecular weight excluding hydrogens is 404 g/mol. The van der Waals surface area contributed by atoms with Crippen LogP contribution < -0.4 is 5.32 Å². The molecule has 0 radical (unpaired) electrons. The van der Waals surface area contributed by atoms with Gasteiger partial charge in [0.1, 0.15) is 5.76 Å². The fraction of sp³-hybridized carbons (Fsp3) is 0.318. The van der Waals surface area contributed by atoms with Gasteiger partial charge in [0, 0.05) is 6.54 Å². The molecule has 2 aromatic heterocycles. The molecule has 0 saturated carbocycles. The Morgan fingerprint density at radius 3 is 2.37 bits per heavy atom. The van der Waals surface area contributed by atoms with Crippen LogP contribution in [-0.4, -0.2) is 38.9 Å². The largest absolute Gasteiger partial charge is 0.468 e. The predicted molar refractivity (Wildman–Crippen MR) is 112 cm³/mol. The summed E-state index contributed by atoms with van der Waals surface area (Å²) in [7, 11) is -3.83. The Labute approximate surface area is 176 Å². The Bertz CT molecular complexity index is 1070. The third kappa shape index (κ3) is 4.66. The lowest BCUT2D eigenvalue weighted by molar-refractivity contribution is 0.0897. The van der Waals surface area contributed by atoms with Crippen LogP contribution in [0.4, 0.5) is 0 Å². The number of furan rings is 2. The maximum atomic E-state index is 12.7. The van der Waals surface area contributed by atoms with Gasteiger partial charge in [0.15, 0.2) is 5.76 Å². The van der Waals surface area contributed by atoms with Crippen molar-refractivity contribution in [2.24, 2.45) is 0 Å². The molecule has 3 rings (SSSR count). The van der Waals surface area contributed by atoms with Crippen LogP contribution in [0.15, 0.2) is 73.6 Å². The van der Waals surface area contributed by atoms with Gasteiger partial charge in [-0.15, -0.1) is 0 Å². The van der Waals surface area contributed by atoms with Crippen molar-refractivity contribution in [3.05, 3.63) is 71.9 Å². The molecule has 1 atom stereocenters. The number of amides is 1. The van der Waals surface area contributed by atoms with Crippen LogP contribution in [0, 0.1) is 6.92 Å². The lowest BCUT2D eigenvalue weighted by atomic mass is 10.2. The lowest BCUT2D eigenvalue weighted by Gasteiger charge is -2.28. The first kappa shape index (κ1) is 21.9. The lowest BCUT2D eigenvalue weighted by Crippen LogP contribution is -2.37. The summed E-state index contributed by atoms with van der Waals surface area (Å²) in [6, 6.07) is 12.7. The molecule has 2 heterocycles. The van der Waals surface area contributed by atoms with E-state index in [4.69, 9.17) is 8.83 Å². The summed E-state index contributed by atoms with van der Waals surface area (Å²) in [5, 5.41) is 2.56. The highest BCUT2D eigenvalue weighted by Crippen LogP contribution is 2.24. The van der Waals surface area contributed by atoms with E-state index in [0.29, 0.717) is 6.54 Å². The summed E-state index contributed by atoms with van der Waals surface area (Å²) in [4.78, 5) is 14.9. The molecule has 0 bridgehead atoms. The van der Waals surface area contributed by atoms with Gasteiger partial charge < -0.3 is 14.2 Å². The minimum atomic E-state index is -3.83. The average molecular weight is 431 g/mol. The zero-order chi connectivity index (χ0) is 21.7. The quantitative estimate of drug-likeness (QED) is 0.555. The van der Waals surface area contributed by atoms with E-state index >= 15 is 0 Å². The molecule has 3 aromatic rings. The molecule has 7 nitrogen and oxygen atoms in total. The summed E-state index contributed by atoms with van der Waals surface area (Å²) in [5.74, 6) is 0.212. The second-order valence-electron chi connectivity index (χ2n) is 6.90. The maximum Gasteiger partial charge on any atom is 0.287 e. The summed E-state index contributed by atoms with van der Waals surface area (Å²) >= 11 is 0. The van der Waals surface area contributed by atoms with Crippen molar-refractivity contribution in [3.8, 4) is 0 Å². The topological polar surface area (TPSA) is 92.8 Å². The molecule has 1 unspecified atom stereocenters. The van der Waals surface area contributed by atoms with Crippen LogP contribution >= 0.6 is 0 Å². The minimum Gasteiger partial charge on any atom is -0.468 e. The first-order valence-electron chi connectivity index (χ1n) is 9.84. The molecule has 160 valence electrons. The fourth-order valence-electron chi connectivity index (χ4n) is 3.25. The summed E-state index contributed by atoms with van der Waals surface area (Å²) < 4.78 is 36.4. The Morgan fingerprint density at radius 1 is 1.07 bits per heavy atom. The van der Waals surface area contributed by atoms with Crippen LogP contribution in [-0.2, 0) is 9.84 Å². The van der Waals surface area contributed by atoms with E-state index in [9.17, 15) is 13.2 Å². The molecule has 0 aliphatic carbocycles. The van der Waals surface area contributed by atoms with Gasteiger partial charge in [-0.1, -0.05) is 31.5 Å². The molecule has 1 aromatic carbocycles. The van der Waals surface area contributed by atoms with Crippen molar-refractivity contribution in [2.45, 2.75) is 36.8 Å². The van der Waals surface area contributed by atoms with E-state index in [1.54, 1.807) is 18.4 Å². The third-order valence-corrected chi connectivity index (χ3v) is 6.62. The number of hydrogen-bond donors (Lipinski definition) is 1. The van der Waals surface area contributed by atoms with Crippen molar-refractivity contribution in [1.82, 2.24) is 10.2 Å².